The van der Waals surface area contributed by atoms with E-state index in [1.165, 1.54) is 4.88 Å². The molecule has 14 heteroatoms. The van der Waals surface area contributed by atoms with E-state index in [1.54, 1.807) is 11.3 Å². The third-order valence-corrected chi connectivity index (χ3v) is 5.65. The number of aliphatic carboxylic acids is 1. The van der Waals surface area contributed by atoms with Crippen LogP contribution in [0.15, 0.2) is 18.3 Å². The first-order chi connectivity index (χ1) is 14.5. The Morgan fingerprint density at radius 2 is 1.97 bits per heavy atom. The Labute approximate surface area is 185 Å². The molecule has 3 rings (SSSR count). The number of nitrogens with one attached hydrogen (secondary N) is 1. The van der Waals surface area contributed by atoms with Crippen LogP contribution in [0.5, 0.6) is 0 Å². The molecule has 0 radical (unpaired) electrons. The molecule has 0 bridgehead atoms. The van der Waals surface area contributed by atoms with Crippen LogP contribution in [-0.4, -0.2) is 56.3 Å². The molecule has 1 saturated heterocycles. The van der Waals surface area contributed by atoms with E-state index in [2.05, 4.69) is 26.6 Å². The number of nitrogens with zero attached hydrogens (tertiary/aromatic N) is 4. The second-order valence-electron chi connectivity index (χ2n) is 6.88. The molecule has 2 aromatic heterocycles. The highest BCUT2D eigenvalue weighted by Gasteiger charge is 2.38. The Morgan fingerprint density at radius 1 is 1.32 bits per heavy atom. The summed E-state index contributed by atoms with van der Waals surface area (Å²) >= 11 is 7.64. The third-order valence-electron chi connectivity index (χ3n) is 4.43. The number of primary amides is 1. The van der Waals surface area contributed by atoms with E-state index in [0.29, 0.717) is 12.5 Å². The summed E-state index contributed by atoms with van der Waals surface area (Å²) < 4.78 is 34.4. The van der Waals surface area contributed by atoms with Crippen LogP contribution in [0.4, 0.5) is 18.0 Å². The average molecular weight is 483 g/mol. The minimum Gasteiger partial charge on any atom is -0.475 e. The van der Waals surface area contributed by atoms with Gasteiger partial charge in [-0.2, -0.15) is 13.2 Å². The summed E-state index contributed by atoms with van der Waals surface area (Å²) in [6, 6.07) is 3.52. The number of likely N-dealkylation sites (tertiary alicyclic amines) is 1. The molecule has 1 aliphatic rings. The van der Waals surface area contributed by atoms with Gasteiger partial charge in [0.15, 0.2) is 0 Å². The second-order valence-corrected chi connectivity index (χ2v) is 8.68. The Hall–Kier alpha value is -2.38. The van der Waals surface area contributed by atoms with E-state index in [4.69, 9.17) is 27.2 Å². The maximum Gasteiger partial charge on any atom is 0.490 e. The standard InChI is InChI=1S/C15H21ClN6OS.C2HF3O2/c16-14-2-1-13(24-14)10-21-5-3-11(4-6-21)8-22-9-12(19-20-22)7-18-15(17)23;3-2(4,5)1(6)7/h1-2,9,11H,3-8,10H2,(H3,17,18,23);(H,6,7). The van der Waals surface area contributed by atoms with E-state index in [0.717, 1.165) is 49.1 Å². The number of nitrogens with two attached hydrogens (primary N) is 1. The molecule has 0 unspecified atom stereocenters. The molecule has 0 aromatic carbocycles. The lowest BCUT2D eigenvalue weighted by Gasteiger charge is -2.31. The minimum absolute atomic E-state index is 0.317. The first kappa shape index (κ1) is 24.9. The molecule has 0 saturated carbocycles. The number of piperidine rings is 1. The lowest BCUT2D eigenvalue weighted by atomic mass is 9.97. The van der Waals surface area contributed by atoms with Gasteiger partial charge in [0.05, 0.1) is 17.1 Å². The zero-order chi connectivity index (χ0) is 23.0. The van der Waals surface area contributed by atoms with Crippen LogP contribution in [0.3, 0.4) is 0 Å². The number of aromatic nitrogens is 3. The lowest BCUT2D eigenvalue weighted by molar-refractivity contribution is -0.192. The van der Waals surface area contributed by atoms with Crippen LogP contribution in [0.2, 0.25) is 4.34 Å². The first-order valence-electron chi connectivity index (χ1n) is 9.22. The molecule has 9 nitrogen and oxygen atoms in total. The molecular weight excluding hydrogens is 461 g/mol. The van der Waals surface area contributed by atoms with Crippen molar-refractivity contribution in [1.82, 2.24) is 25.2 Å². The lowest BCUT2D eigenvalue weighted by Crippen LogP contribution is -2.34. The number of thiophene rings is 1. The number of carbonyl (C=O) groups excluding carboxylic acids is 1. The monoisotopic (exact) mass is 482 g/mol. The molecule has 2 aromatic rings. The van der Waals surface area contributed by atoms with Crippen LogP contribution < -0.4 is 11.1 Å². The minimum atomic E-state index is -5.08. The van der Waals surface area contributed by atoms with Gasteiger partial charge in [-0.3, -0.25) is 9.58 Å². The predicted octanol–water partition coefficient (Wildman–Crippen LogP) is 2.71. The molecule has 31 heavy (non-hydrogen) atoms. The van der Waals surface area contributed by atoms with Crippen molar-refractivity contribution in [2.75, 3.05) is 13.1 Å². The number of alkyl halides is 3. The number of hydrogen-bond acceptors (Lipinski definition) is 6. The highest BCUT2D eigenvalue weighted by atomic mass is 35.5. The Morgan fingerprint density at radius 3 is 2.48 bits per heavy atom. The van der Waals surface area contributed by atoms with E-state index < -0.39 is 18.2 Å². The zero-order valence-corrected chi connectivity index (χ0v) is 17.9. The van der Waals surface area contributed by atoms with Crippen molar-refractivity contribution in [2.24, 2.45) is 11.7 Å². The van der Waals surface area contributed by atoms with E-state index in [1.807, 2.05) is 16.9 Å². The summed E-state index contributed by atoms with van der Waals surface area (Å²) in [4.78, 5) is 23.4. The van der Waals surface area contributed by atoms with Crippen molar-refractivity contribution < 1.29 is 27.9 Å². The molecule has 1 aliphatic heterocycles. The smallest absolute Gasteiger partial charge is 0.475 e. The molecule has 0 aliphatic carbocycles. The van der Waals surface area contributed by atoms with Gasteiger partial charge in [-0.15, -0.1) is 16.4 Å². The fourth-order valence-corrected chi connectivity index (χ4v) is 4.07. The molecule has 0 spiro atoms. The highest BCUT2D eigenvalue weighted by Crippen LogP contribution is 2.25. The van der Waals surface area contributed by atoms with E-state index in [-0.39, 0.29) is 0 Å². The number of carboxylic acids is 1. The Balaban J connectivity index is 0.000000423. The van der Waals surface area contributed by atoms with Gasteiger partial charge >= 0.3 is 18.2 Å². The maximum atomic E-state index is 10.7. The van der Waals surface area contributed by atoms with Crippen LogP contribution in [0.25, 0.3) is 0 Å². The predicted molar refractivity (Wildman–Crippen MR) is 107 cm³/mol. The summed E-state index contributed by atoms with van der Waals surface area (Å²) in [5.74, 6) is -2.15. The van der Waals surface area contributed by atoms with Crippen molar-refractivity contribution in [2.45, 2.75) is 38.7 Å². The Bertz CT molecular complexity index is 867. The summed E-state index contributed by atoms with van der Waals surface area (Å²) in [7, 11) is 0. The quantitative estimate of drug-likeness (QED) is 0.581. The maximum absolute atomic E-state index is 10.7. The Kier molecular flexibility index (Phi) is 9.07. The van der Waals surface area contributed by atoms with Gasteiger partial charge < -0.3 is 16.2 Å². The molecule has 1 fully saturated rings. The zero-order valence-electron chi connectivity index (χ0n) is 16.3. The van der Waals surface area contributed by atoms with Gasteiger partial charge in [0.25, 0.3) is 0 Å². The number of carboxylic acid groups (broad SMARTS) is 1. The van der Waals surface area contributed by atoms with E-state index in [9.17, 15) is 18.0 Å². The fraction of sp³-hybridized carbons (Fsp3) is 0.529. The van der Waals surface area contributed by atoms with Gasteiger partial charge in [-0.25, -0.2) is 9.59 Å². The number of rotatable bonds is 6. The van der Waals surface area contributed by atoms with Crippen LogP contribution >= 0.6 is 22.9 Å². The highest BCUT2D eigenvalue weighted by molar-refractivity contribution is 7.16. The summed E-state index contributed by atoms with van der Waals surface area (Å²) in [6.45, 7) is 4.34. The second kappa shape index (κ2) is 11.3. The average Bonchev–Trinajstić information content (AvgIpc) is 3.30. The molecule has 4 N–H and O–H groups in total. The number of hydrogen-bond donors (Lipinski definition) is 3. The molecule has 3 heterocycles. The number of halogens is 4. The van der Waals surface area contributed by atoms with Crippen molar-refractivity contribution in [3.8, 4) is 0 Å². The molecule has 2 amide bonds. The largest absolute Gasteiger partial charge is 0.490 e. The molecular formula is C17H22ClF3N6O3S. The van der Waals surface area contributed by atoms with Crippen molar-refractivity contribution in [1.29, 1.82) is 0 Å². The third kappa shape index (κ3) is 9.11. The molecule has 172 valence electrons. The number of urea groups is 1. The summed E-state index contributed by atoms with van der Waals surface area (Å²) in [6.07, 6.45) is -0.919. The van der Waals surface area contributed by atoms with Gasteiger partial charge in [-0.05, 0) is 44.0 Å². The van der Waals surface area contributed by atoms with Crippen molar-refractivity contribution >= 4 is 34.9 Å². The van der Waals surface area contributed by atoms with Crippen molar-refractivity contribution in [3.63, 3.8) is 0 Å². The van der Waals surface area contributed by atoms with Gasteiger partial charge in [0.1, 0.15) is 5.69 Å². The van der Waals surface area contributed by atoms with Crippen LogP contribution in [-0.2, 0) is 24.4 Å². The number of amides is 2. The normalized spacial score (nSPS) is 15.2. The van der Waals surface area contributed by atoms with Gasteiger partial charge in [0, 0.05) is 18.0 Å². The summed E-state index contributed by atoms with van der Waals surface area (Å²) in [5.41, 5.74) is 5.77. The fourth-order valence-electron chi connectivity index (χ4n) is 2.94. The van der Waals surface area contributed by atoms with Crippen molar-refractivity contribution in [3.05, 3.63) is 33.2 Å². The number of carbonyl (C=O) groups is 2. The van der Waals surface area contributed by atoms with Crippen LogP contribution in [0.1, 0.15) is 23.4 Å². The topological polar surface area (TPSA) is 126 Å². The first-order valence-corrected chi connectivity index (χ1v) is 10.4. The molecule has 0 atom stereocenters. The van der Waals surface area contributed by atoms with Gasteiger partial charge in [-0.1, -0.05) is 16.8 Å². The SMILES string of the molecule is NC(=O)NCc1cn(CC2CCN(Cc3ccc(Cl)s3)CC2)nn1.O=C(O)C(F)(F)F. The summed E-state index contributed by atoms with van der Waals surface area (Å²) in [5, 5.41) is 17.8. The van der Waals surface area contributed by atoms with E-state index >= 15 is 0 Å². The van der Waals surface area contributed by atoms with Crippen LogP contribution in [0, 0.1) is 5.92 Å². The van der Waals surface area contributed by atoms with Gasteiger partial charge in [0.2, 0.25) is 0 Å².